The number of amides is 1. The molecule has 0 atom stereocenters. The van der Waals surface area contributed by atoms with Crippen molar-refractivity contribution >= 4 is 34.7 Å². The van der Waals surface area contributed by atoms with Gasteiger partial charge in [-0.2, -0.15) is 5.10 Å². The molecule has 0 bridgehead atoms. The summed E-state index contributed by atoms with van der Waals surface area (Å²) in [4.78, 5) is 11.8. The Balaban J connectivity index is 1.49. The molecule has 0 aliphatic heterocycles. The molecule has 27 heavy (non-hydrogen) atoms. The van der Waals surface area contributed by atoms with Gasteiger partial charge >= 0.3 is 0 Å². The molecule has 0 fully saturated rings. The zero-order valence-corrected chi connectivity index (χ0v) is 16.5. The largest absolute Gasteiger partial charge is 0.484 e. The zero-order chi connectivity index (χ0) is 18.9. The summed E-state index contributed by atoms with van der Waals surface area (Å²) < 4.78 is 12.3. The van der Waals surface area contributed by atoms with Crippen LogP contribution in [0.4, 0.5) is 0 Å². The number of ether oxygens (including phenoxy) is 2. The molecule has 3 aromatic rings. The van der Waals surface area contributed by atoms with Gasteiger partial charge in [0, 0.05) is 3.57 Å². The Bertz CT molecular complexity index is 912. The number of rotatable bonds is 7. The van der Waals surface area contributed by atoms with Gasteiger partial charge in [0.05, 0.1) is 6.21 Å². The minimum absolute atomic E-state index is 0.102. The summed E-state index contributed by atoms with van der Waals surface area (Å²) in [7, 11) is 0. The van der Waals surface area contributed by atoms with Crippen molar-refractivity contribution in [2.75, 3.05) is 6.61 Å². The molecular formula is C21H17IN2O3. The smallest absolute Gasteiger partial charge is 0.277 e. The molecule has 0 aromatic heterocycles. The van der Waals surface area contributed by atoms with Crippen molar-refractivity contribution in [2.24, 2.45) is 5.10 Å². The van der Waals surface area contributed by atoms with Crippen LogP contribution in [0.5, 0.6) is 17.2 Å². The number of carbonyl (C=O) groups is 1. The van der Waals surface area contributed by atoms with Crippen LogP contribution in [0.2, 0.25) is 0 Å². The van der Waals surface area contributed by atoms with E-state index in [2.05, 4.69) is 33.1 Å². The van der Waals surface area contributed by atoms with E-state index in [1.54, 1.807) is 6.21 Å². The number of benzene rings is 3. The lowest BCUT2D eigenvalue weighted by Gasteiger charge is -2.06. The van der Waals surface area contributed by atoms with Gasteiger partial charge in [-0.3, -0.25) is 4.79 Å². The highest BCUT2D eigenvalue weighted by Gasteiger charge is 2.02. The summed E-state index contributed by atoms with van der Waals surface area (Å²) in [5, 5.41) is 3.95. The zero-order valence-electron chi connectivity index (χ0n) is 14.3. The van der Waals surface area contributed by atoms with E-state index in [0.717, 1.165) is 14.9 Å². The summed E-state index contributed by atoms with van der Waals surface area (Å²) in [6, 6.07) is 24.4. The Labute approximate surface area is 171 Å². The van der Waals surface area contributed by atoms with Gasteiger partial charge in [0.15, 0.2) is 6.61 Å². The Morgan fingerprint density at radius 1 is 0.926 bits per heavy atom. The second-order valence-electron chi connectivity index (χ2n) is 5.52. The first-order valence-corrected chi connectivity index (χ1v) is 9.30. The molecule has 3 rings (SSSR count). The standard InChI is InChI=1S/C21H17IN2O3/c22-17-9-11-18(12-10-17)26-15-21(25)24-23-14-16-5-4-8-20(13-16)27-19-6-2-1-3-7-19/h1-14H,15H2,(H,24,25)/b23-14-. The van der Waals surface area contributed by atoms with E-state index in [-0.39, 0.29) is 12.5 Å². The maximum atomic E-state index is 11.8. The van der Waals surface area contributed by atoms with Gasteiger partial charge in [-0.05, 0) is 76.7 Å². The number of halogens is 1. The highest BCUT2D eigenvalue weighted by Crippen LogP contribution is 2.21. The van der Waals surface area contributed by atoms with Crippen LogP contribution in [0, 0.1) is 3.57 Å². The molecule has 1 N–H and O–H groups in total. The summed E-state index contributed by atoms with van der Waals surface area (Å²) in [5.41, 5.74) is 3.25. The van der Waals surface area contributed by atoms with Crippen molar-refractivity contribution in [3.05, 3.63) is 88.0 Å². The predicted molar refractivity (Wildman–Crippen MR) is 113 cm³/mol. The first-order chi connectivity index (χ1) is 13.2. The van der Waals surface area contributed by atoms with Crippen LogP contribution in [0.15, 0.2) is 84.0 Å². The SMILES string of the molecule is O=C(COc1ccc(I)cc1)N/N=C\c1cccc(Oc2ccccc2)c1. The number of hydrogen-bond acceptors (Lipinski definition) is 4. The molecule has 0 heterocycles. The second kappa shape index (κ2) is 9.72. The normalized spacial score (nSPS) is 10.6. The Hall–Kier alpha value is -2.87. The fourth-order valence-corrected chi connectivity index (χ4v) is 2.53. The lowest BCUT2D eigenvalue weighted by Crippen LogP contribution is -2.24. The number of hydrazone groups is 1. The van der Waals surface area contributed by atoms with E-state index in [0.29, 0.717) is 11.5 Å². The third-order valence-corrected chi connectivity index (χ3v) is 4.14. The van der Waals surface area contributed by atoms with Crippen LogP contribution in [-0.2, 0) is 4.79 Å². The molecule has 0 aliphatic rings. The van der Waals surface area contributed by atoms with Crippen molar-refractivity contribution in [1.29, 1.82) is 0 Å². The predicted octanol–water partition coefficient (Wildman–Crippen LogP) is 4.61. The van der Waals surface area contributed by atoms with E-state index in [4.69, 9.17) is 9.47 Å². The number of hydrogen-bond donors (Lipinski definition) is 1. The average molecular weight is 472 g/mol. The summed E-state index contributed by atoms with van der Waals surface area (Å²) in [5.74, 6) is 1.76. The Kier molecular flexibility index (Phi) is 6.81. The third kappa shape index (κ3) is 6.41. The van der Waals surface area contributed by atoms with Crippen LogP contribution < -0.4 is 14.9 Å². The van der Waals surface area contributed by atoms with Crippen LogP contribution in [0.1, 0.15) is 5.56 Å². The van der Waals surface area contributed by atoms with Crippen LogP contribution >= 0.6 is 22.6 Å². The summed E-state index contributed by atoms with van der Waals surface area (Å²) in [6.07, 6.45) is 1.56. The van der Waals surface area contributed by atoms with Gasteiger partial charge in [0.1, 0.15) is 17.2 Å². The molecule has 5 nitrogen and oxygen atoms in total. The summed E-state index contributed by atoms with van der Waals surface area (Å²) >= 11 is 2.21. The molecule has 3 aromatic carbocycles. The third-order valence-electron chi connectivity index (χ3n) is 3.42. The number of nitrogens with one attached hydrogen (secondary N) is 1. The average Bonchev–Trinajstić information content (AvgIpc) is 2.69. The van der Waals surface area contributed by atoms with E-state index in [1.807, 2.05) is 78.9 Å². The minimum Gasteiger partial charge on any atom is -0.484 e. The van der Waals surface area contributed by atoms with E-state index in [1.165, 1.54) is 0 Å². The molecule has 0 unspecified atom stereocenters. The molecular weight excluding hydrogens is 455 g/mol. The maximum Gasteiger partial charge on any atom is 0.277 e. The Morgan fingerprint density at radius 3 is 2.44 bits per heavy atom. The lowest BCUT2D eigenvalue weighted by atomic mass is 10.2. The molecule has 0 saturated heterocycles. The fraction of sp³-hybridized carbons (Fsp3) is 0.0476. The molecule has 0 spiro atoms. The van der Waals surface area contributed by atoms with Crippen molar-refractivity contribution in [2.45, 2.75) is 0 Å². The van der Waals surface area contributed by atoms with Crippen molar-refractivity contribution < 1.29 is 14.3 Å². The quantitative estimate of drug-likeness (QED) is 0.311. The highest BCUT2D eigenvalue weighted by molar-refractivity contribution is 14.1. The summed E-state index contributed by atoms with van der Waals surface area (Å²) in [6.45, 7) is -0.102. The molecule has 0 saturated carbocycles. The molecule has 6 heteroatoms. The van der Waals surface area contributed by atoms with Gasteiger partial charge in [0.25, 0.3) is 5.91 Å². The van der Waals surface area contributed by atoms with Gasteiger partial charge < -0.3 is 9.47 Å². The molecule has 136 valence electrons. The van der Waals surface area contributed by atoms with Crippen LogP contribution in [-0.4, -0.2) is 18.7 Å². The highest BCUT2D eigenvalue weighted by atomic mass is 127. The Morgan fingerprint density at radius 2 is 1.67 bits per heavy atom. The maximum absolute atomic E-state index is 11.8. The van der Waals surface area contributed by atoms with Crippen molar-refractivity contribution in [1.82, 2.24) is 5.43 Å². The first-order valence-electron chi connectivity index (χ1n) is 8.22. The fourth-order valence-electron chi connectivity index (χ4n) is 2.17. The monoisotopic (exact) mass is 472 g/mol. The lowest BCUT2D eigenvalue weighted by molar-refractivity contribution is -0.123. The second-order valence-corrected chi connectivity index (χ2v) is 6.77. The minimum atomic E-state index is -0.332. The van der Waals surface area contributed by atoms with E-state index >= 15 is 0 Å². The van der Waals surface area contributed by atoms with Crippen molar-refractivity contribution in [3.8, 4) is 17.2 Å². The molecule has 0 radical (unpaired) electrons. The van der Waals surface area contributed by atoms with Gasteiger partial charge in [-0.15, -0.1) is 0 Å². The van der Waals surface area contributed by atoms with E-state index in [9.17, 15) is 4.79 Å². The van der Waals surface area contributed by atoms with Crippen LogP contribution in [0.3, 0.4) is 0 Å². The number of carbonyl (C=O) groups excluding carboxylic acids is 1. The van der Waals surface area contributed by atoms with Crippen molar-refractivity contribution in [3.63, 3.8) is 0 Å². The first kappa shape index (κ1) is 18.9. The number of para-hydroxylation sites is 1. The van der Waals surface area contributed by atoms with Crippen LogP contribution in [0.25, 0.3) is 0 Å². The topological polar surface area (TPSA) is 59.9 Å². The molecule has 1 amide bonds. The van der Waals surface area contributed by atoms with E-state index < -0.39 is 0 Å². The van der Waals surface area contributed by atoms with Gasteiger partial charge in [0.2, 0.25) is 0 Å². The number of nitrogens with zero attached hydrogens (tertiary/aromatic N) is 1. The van der Waals surface area contributed by atoms with Gasteiger partial charge in [-0.25, -0.2) is 5.43 Å². The van der Waals surface area contributed by atoms with Gasteiger partial charge in [-0.1, -0.05) is 30.3 Å². The molecule has 0 aliphatic carbocycles.